The molecule has 0 radical (unpaired) electrons. The monoisotopic (exact) mass is 423 g/mol. The van der Waals surface area contributed by atoms with E-state index in [0.717, 1.165) is 25.7 Å². The molecule has 0 atom stereocenters. The van der Waals surface area contributed by atoms with Gasteiger partial charge in [-0.1, -0.05) is 25.7 Å². The van der Waals surface area contributed by atoms with E-state index in [-0.39, 0.29) is 24.2 Å². The molecule has 0 bridgehead atoms. The molecule has 0 aromatic heterocycles. The second-order valence-corrected chi connectivity index (χ2v) is 9.93. The molecule has 2 fully saturated rings. The molecule has 1 aliphatic heterocycles. The van der Waals surface area contributed by atoms with Crippen LogP contribution in [-0.2, 0) is 10.0 Å². The summed E-state index contributed by atoms with van der Waals surface area (Å²) in [4.78, 5) is 15.1. The predicted molar refractivity (Wildman–Crippen MR) is 114 cm³/mol. The van der Waals surface area contributed by atoms with Gasteiger partial charge in [-0.2, -0.15) is 4.31 Å². The first-order chi connectivity index (χ1) is 14.0. The van der Waals surface area contributed by atoms with Gasteiger partial charge in [0, 0.05) is 44.3 Å². The Morgan fingerprint density at radius 2 is 1.72 bits per heavy atom. The van der Waals surface area contributed by atoms with Crippen molar-refractivity contribution in [3.63, 3.8) is 0 Å². The summed E-state index contributed by atoms with van der Waals surface area (Å²) < 4.78 is 32.4. The van der Waals surface area contributed by atoms with Gasteiger partial charge in [0.15, 0.2) is 0 Å². The van der Waals surface area contributed by atoms with Crippen LogP contribution in [0.5, 0.6) is 5.75 Å². The Labute approximate surface area is 174 Å². The standard InChI is InChI=1S/C21H33N3O4S/c1-28-20-10-8-18(9-11-20)21(25)24(19-6-4-2-3-5-7-19)16-17-29(26,27)23-14-12-22-13-15-23/h8-11,19,22H,2-7,12-17H2,1H3. The van der Waals surface area contributed by atoms with Gasteiger partial charge in [-0.05, 0) is 37.1 Å². The fourth-order valence-corrected chi connectivity index (χ4v) is 5.61. The predicted octanol–water partition coefficient (Wildman–Crippen LogP) is 2.10. The first-order valence-electron chi connectivity index (χ1n) is 10.6. The molecule has 29 heavy (non-hydrogen) atoms. The zero-order valence-electron chi connectivity index (χ0n) is 17.3. The minimum atomic E-state index is -3.37. The van der Waals surface area contributed by atoms with Gasteiger partial charge in [-0.3, -0.25) is 4.79 Å². The number of nitrogens with one attached hydrogen (secondary N) is 1. The van der Waals surface area contributed by atoms with Crippen LogP contribution in [0.3, 0.4) is 0 Å². The van der Waals surface area contributed by atoms with Crippen LogP contribution in [0.25, 0.3) is 0 Å². The number of nitrogens with zero attached hydrogens (tertiary/aromatic N) is 2. The lowest BCUT2D eigenvalue weighted by atomic mass is 10.1. The lowest BCUT2D eigenvalue weighted by molar-refractivity contribution is 0.0674. The van der Waals surface area contributed by atoms with Crippen molar-refractivity contribution in [2.24, 2.45) is 0 Å². The summed E-state index contributed by atoms with van der Waals surface area (Å²) in [7, 11) is -1.78. The zero-order valence-corrected chi connectivity index (χ0v) is 18.1. The average Bonchev–Trinajstić information content (AvgIpc) is 3.04. The van der Waals surface area contributed by atoms with E-state index < -0.39 is 10.0 Å². The molecule has 1 saturated carbocycles. The molecule has 1 N–H and O–H groups in total. The molecule has 2 aliphatic rings. The maximum atomic E-state index is 13.3. The van der Waals surface area contributed by atoms with Crippen LogP contribution in [0.1, 0.15) is 48.9 Å². The molecule has 1 heterocycles. The van der Waals surface area contributed by atoms with Crippen LogP contribution in [0.15, 0.2) is 24.3 Å². The third-order valence-corrected chi connectivity index (χ3v) is 7.77. The number of hydrogen-bond donors (Lipinski definition) is 1. The molecule has 162 valence electrons. The van der Waals surface area contributed by atoms with E-state index >= 15 is 0 Å². The molecule has 0 spiro atoms. The molecule has 0 unspecified atom stereocenters. The highest BCUT2D eigenvalue weighted by Gasteiger charge is 2.29. The summed E-state index contributed by atoms with van der Waals surface area (Å²) in [5.74, 6) is 0.588. The number of ether oxygens (including phenoxy) is 1. The van der Waals surface area contributed by atoms with E-state index in [1.807, 2.05) is 4.90 Å². The quantitative estimate of drug-likeness (QED) is 0.680. The van der Waals surface area contributed by atoms with Crippen LogP contribution in [0, 0.1) is 0 Å². The molecule has 1 aromatic rings. The lowest BCUT2D eigenvalue weighted by Crippen LogP contribution is -2.49. The molecule has 1 aromatic carbocycles. The highest BCUT2D eigenvalue weighted by molar-refractivity contribution is 7.89. The average molecular weight is 424 g/mol. The van der Waals surface area contributed by atoms with Gasteiger partial charge in [0.25, 0.3) is 5.91 Å². The highest BCUT2D eigenvalue weighted by atomic mass is 32.2. The van der Waals surface area contributed by atoms with Gasteiger partial charge in [-0.15, -0.1) is 0 Å². The maximum absolute atomic E-state index is 13.3. The molecule has 1 amide bonds. The van der Waals surface area contributed by atoms with Gasteiger partial charge >= 0.3 is 0 Å². The number of rotatable bonds is 7. The van der Waals surface area contributed by atoms with Crippen molar-refractivity contribution in [1.82, 2.24) is 14.5 Å². The zero-order chi connectivity index (χ0) is 20.7. The van der Waals surface area contributed by atoms with Crippen LogP contribution in [-0.4, -0.2) is 75.2 Å². The summed E-state index contributed by atoms with van der Waals surface area (Å²) in [6.07, 6.45) is 6.41. The molecule has 1 saturated heterocycles. The largest absolute Gasteiger partial charge is 0.497 e. The highest BCUT2D eigenvalue weighted by Crippen LogP contribution is 2.24. The Morgan fingerprint density at radius 1 is 1.10 bits per heavy atom. The fraction of sp³-hybridized carbons (Fsp3) is 0.667. The number of hydrogen-bond acceptors (Lipinski definition) is 5. The summed E-state index contributed by atoms with van der Waals surface area (Å²) in [6.45, 7) is 2.59. The molecule has 8 heteroatoms. The lowest BCUT2D eigenvalue weighted by Gasteiger charge is -2.33. The Kier molecular flexibility index (Phi) is 7.91. The normalized spacial score (nSPS) is 19.5. The smallest absolute Gasteiger partial charge is 0.254 e. The number of benzene rings is 1. The van der Waals surface area contributed by atoms with Crippen molar-refractivity contribution in [2.75, 3.05) is 45.6 Å². The number of sulfonamides is 1. The molecule has 7 nitrogen and oxygen atoms in total. The second kappa shape index (κ2) is 10.4. The summed E-state index contributed by atoms with van der Waals surface area (Å²) in [5.41, 5.74) is 0.578. The van der Waals surface area contributed by atoms with Gasteiger partial charge < -0.3 is 15.0 Å². The van der Waals surface area contributed by atoms with E-state index in [4.69, 9.17) is 4.74 Å². The number of amides is 1. The van der Waals surface area contributed by atoms with Gasteiger partial charge in [0.1, 0.15) is 5.75 Å². The first-order valence-corrected chi connectivity index (χ1v) is 12.3. The van der Waals surface area contributed by atoms with Crippen molar-refractivity contribution < 1.29 is 17.9 Å². The minimum absolute atomic E-state index is 0.0224. The van der Waals surface area contributed by atoms with Crippen molar-refractivity contribution in [3.05, 3.63) is 29.8 Å². The number of carbonyl (C=O) groups excluding carboxylic acids is 1. The van der Waals surface area contributed by atoms with Crippen LogP contribution >= 0.6 is 0 Å². The van der Waals surface area contributed by atoms with E-state index in [9.17, 15) is 13.2 Å². The molecule has 3 rings (SSSR count). The van der Waals surface area contributed by atoms with Crippen molar-refractivity contribution >= 4 is 15.9 Å². The molecular weight excluding hydrogens is 390 g/mol. The molecule has 1 aliphatic carbocycles. The SMILES string of the molecule is COc1ccc(C(=O)N(CCS(=O)(=O)N2CCNCC2)C2CCCCCC2)cc1. The third kappa shape index (κ3) is 5.93. The van der Waals surface area contributed by atoms with Crippen molar-refractivity contribution in [1.29, 1.82) is 0 Å². The number of methoxy groups -OCH3 is 1. The van der Waals surface area contributed by atoms with E-state index in [1.54, 1.807) is 35.7 Å². The fourth-order valence-electron chi connectivity index (χ4n) is 4.18. The van der Waals surface area contributed by atoms with E-state index in [0.29, 0.717) is 37.5 Å². The van der Waals surface area contributed by atoms with Crippen LogP contribution in [0.2, 0.25) is 0 Å². The Balaban J connectivity index is 1.75. The van der Waals surface area contributed by atoms with Crippen molar-refractivity contribution in [3.8, 4) is 5.75 Å². The van der Waals surface area contributed by atoms with Gasteiger partial charge in [-0.25, -0.2) is 8.42 Å². The minimum Gasteiger partial charge on any atom is -0.497 e. The number of carbonyl (C=O) groups is 1. The van der Waals surface area contributed by atoms with Crippen molar-refractivity contribution in [2.45, 2.75) is 44.6 Å². The van der Waals surface area contributed by atoms with E-state index in [2.05, 4.69) is 5.32 Å². The Morgan fingerprint density at radius 3 is 2.31 bits per heavy atom. The summed E-state index contributed by atoms with van der Waals surface area (Å²) in [6, 6.07) is 7.17. The van der Waals surface area contributed by atoms with Gasteiger partial charge in [0.2, 0.25) is 10.0 Å². The van der Waals surface area contributed by atoms with Crippen LogP contribution < -0.4 is 10.1 Å². The van der Waals surface area contributed by atoms with E-state index in [1.165, 1.54) is 12.8 Å². The van der Waals surface area contributed by atoms with Gasteiger partial charge in [0.05, 0.1) is 12.9 Å². The summed E-state index contributed by atoms with van der Waals surface area (Å²) >= 11 is 0. The Hall–Kier alpha value is -1.64. The maximum Gasteiger partial charge on any atom is 0.254 e. The topological polar surface area (TPSA) is 79.0 Å². The summed E-state index contributed by atoms with van der Waals surface area (Å²) in [5, 5.41) is 3.18. The number of piperazine rings is 1. The molecular formula is C21H33N3O4S. The van der Waals surface area contributed by atoms with Crippen LogP contribution in [0.4, 0.5) is 0 Å². The third-order valence-electron chi connectivity index (χ3n) is 5.92. The first kappa shape index (κ1) is 22.1. The Bertz CT molecular complexity index is 753. The second-order valence-electron chi connectivity index (χ2n) is 7.84.